The number of unbranched alkanes of at least 4 members (excludes halogenated alkanes) is 1. The monoisotopic (exact) mass is 560 g/mol. The Bertz CT molecular complexity index is 1140. The highest BCUT2D eigenvalue weighted by Crippen LogP contribution is 2.18. The maximum atomic E-state index is 13.4. The van der Waals surface area contributed by atoms with Crippen molar-refractivity contribution < 1.29 is 27.9 Å². The van der Waals surface area contributed by atoms with Crippen molar-refractivity contribution in [2.45, 2.75) is 71.6 Å². The van der Waals surface area contributed by atoms with Crippen molar-refractivity contribution in [1.29, 1.82) is 0 Å². The molecular weight excluding hydrogens is 516 g/mol. The van der Waals surface area contributed by atoms with Gasteiger partial charge in [0.25, 0.3) is 0 Å². The highest BCUT2D eigenvalue weighted by atomic mass is 32.2. The first-order chi connectivity index (χ1) is 18.5. The summed E-state index contributed by atoms with van der Waals surface area (Å²) in [6.07, 6.45) is 2.30. The van der Waals surface area contributed by atoms with Crippen molar-refractivity contribution >= 4 is 20.9 Å². The Morgan fingerprint density at radius 1 is 0.974 bits per heavy atom. The van der Waals surface area contributed by atoms with Gasteiger partial charge in [-0.3, -0.25) is 9.59 Å². The molecule has 8 nitrogen and oxygen atoms in total. The Morgan fingerprint density at radius 2 is 1.64 bits per heavy atom. The molecule has 0 aliphatic carbocycles. The molecule has 0 aliphatic rings. The van der Waals surface area contributed by atoms with Crippen LogP contribution in [0.5, 0.6) is 5.75 Å². The highest BCUT2D eigenvalue weighted by molar-refractivity contribution is 8.06. The van der Waals surface area contributed by atoms with Crippen LogP contribution in [-0.4, -0.2) is 56.1 Å². The molecule has 9 heteroatoms. The van der Waals surface area contributed by atoms with E-state index in [4.69, 9.17) is 4.74 Å². The van der Waals surface area contributed by atoms with Gasteiger partial charge in [-0.05, 0) is 42.0 Å². The number of hydrogen-bond acceptors (Lipinski definition) is 7. The maximum absolute atomic E-state index is 13.4. The van der Waals surface area contributed by atoms with Gasteiger partial charge in [-0.15, -0.1) is 0 Å². The predicted octanol–water partition coefficient (Wildman–Crippen LogP) is 3.67. The third kappa shape index (κ3) is 11.9. The number of nitrogens with one attached hydrogen (secondary N) is 2. The summed E-state index contributed by atoms with van der Waals surface area (Å²) in [7, 11) is -2.44. The molecule has 3 N–H and O–H groups in total. The molecule has 0 bridgehead atoms. The van der Waals surface area contributed by atoms with E-state index in [1.807, 2.05) is 54.6 Å². The standard InChI is InChI=1S/C30H44N2O6S/c1-22(2)11-8-9-15-26(21-39(36,37)23(3)33)30(35)32-28(18-24-12-6-5-7-13-24)29(34)20-31-19-25-14-10-16-27(17-25)38-4/h5-7,10,12-14,16-17,22,26,28-29,31,34H,8-9,11,15,18-21H2,1-4H3,(H,32,35)/t26?,28-,29+/m0/s1. The second kappa shape index (κ2) is 16.4. The van der Waals surface area contributed by atoms with Gasteiger partial charge in [0.1, 0.15) is 5.75 Å². The quantitative estimate of drug-likeness (QED) is 0.252. The number of methoxy groups -OCH3 is 1. The van der Waals surface area contributed by atoms with Crippen molar-refractivity contribution in [2.24, 2.45) is 11.8 Å². The molecule has 0 fully saturated rings. The molecule has 1 unspecified atom stereocenters. The van der Waals surface area contributed by atoms with Crippen LogP contribution in [0.2, 0.25) is 0 Å². The van der Waals surface area contributed by atoms with Gasteiger partial charge < -0.3 is 20.5 Å². The molecule has 0 saturated carbocycles. The first kappa shape index (κ1) is 32.5. The summed E-state index contributed by atoms with van der Waals surface area (Å²) in [6, 6.07) is 16.4. The first-order valence-corrected chi connectivity index (χ1v) is 15.3. The number of aliphatic hydroxyl groups is 1. The average Bonchev–Trinajstić information content (AvgIpc) is 2.90. The number of ether oxygens (including phenoxy) is 1. The summed E-state index contributed by atoms with van der Waals surface area (Å²) in [5.74, 6) is -0.617. The van der Waals surface area contributed by atoms with Crippen molar-refractivity contribution in [1.82, 2.24) is 10.6 Å². The van der Waals surface area contributed by atoms with E-state index in [1.54, 1.807) is 7.11 Å². The number of aliphatic hydroxyl groups excluding tert-OH is 1. The molecule has 0 aromatic heterocycles. The lowest BCUT2D eigenvalue weighted by Gasteiger charge is -2.27. The summed E-state index contributed by atoms with van der Waals surface area (Å²) in [5, 5.41) is 16.3. The molecule has 0 spiro atoms. The maximum Gasteiger partial charge on any atom is 0.243 e. The largest absolute Gasteiger partial charge is 0.497 e. The minimum absolute atomic E-state index is 0.208. The number of carbonyl (C=O) groups excluding carboxylic acids is 2. The van der Waals surface area contributed by atoms with Crippen LogP contribution >= 0.6 is 0 Å². The zero-order chi connectivity index (χ0) is 28.8. The topological polar surface area (TPSA) is 122 Å². The van der Waals surface area contributed by atoms with Gasteiger partial charge in [-0.2, -0.15) is 0 Å². The van der Waals surface area contributed by atoms with Crippen LogP contribution in [0.25, 0.3) is 0 Å². The fourth-order valence-corrected chi connectivity index (χ4v) is 5.44. The number of rotatable bonds is 17. The zero-order valence-electron chi connectivity index (χ0n) is 23.6. The van der Waals surface area contributed by atoms with Gasteiger partial charge >= 0.3 is 0 Å². The lowest BCUT2D eigenvalue weighted by atomic mass is 9.97. The van der Waals surface area contributed by atoms with Crippen LogP contribution in [0.1, 0.15) is 57.6 Å². The van der Waals surface area contributed by atoms with Crippen molar-refractivity contribution in [3.8, 4) is 5.75 Å². The molecule has 2 aromatic rings. The predicted molar refractivity (Wildman–Crippen MR) is 154 cm³/mol. The van der Waals surface area contributed by atoms with E-state index in [9.17, 15) is 23.1 Å². The molecule has 3 atom stereocenters. The highest BCUT2D eigenvalue weighted by Gasteiger charge is 2.31. The van der Waals surface area contributed by atoms with Gasteiger partial charge in [0.2, 0.25) is 20.9 Å². The molecule has 1 amide bonds. The Kier molecular flexibility index (Phi) is 13.6. The van der Waals surface area contributed by atoms with E-state index in [0.717, 1.165) is 36.6 Å². The second-order valence-electron chi connectivity index (χ2n) is 10.5. The Labute approximate surface area is 233 Å². The van der Waals surface area contributed by atoms with Crippen molar-refractivity contribution in [3.05, 3.63) is 65.7 Å². The van der Waals surface area contributed by atoms with E-state index in [0.29, 0.717) is 31.7 Å². The molecule has 0 saturated heterocycles. The number of benzene rings is 2. The van der Waals surface area contributed by atoms with Crippen molar-refractivity contribution in [2.75, 3.05) is 19.4 Å². The molecule has 0 aliphatic heterocycles. The normalized spacial score (nSPS) is 14.0. The summed E-state index contributed by atoms with van der Waals surface area (Å²) in [6.45, 7) is 5.94. The lowest BCUT2D eigenvalue weighted by Crippen LogP contribution is -2.51. The molecular formula is C30H44N2O6S. The third-order valence-electron chi connectivity index (χ3n) is 6.72. The number of sulfone groups is 1. The van der Waals surface area contributed by atoms with E-state index < -0.39 is 44.7 Å². The van der Waals surface area contributed by atoms with Crippen LogP contribution in [0.3, 0.4) is 0 Å². The molecule has 216 valence electrons. The number of hydrogen-bond donors (Lipinski definition) is 3. The van der Waals surface area contributed by atoms with Crippen LogP contribution in [0.4, 0.5) is 0 Å². The van der Waals surface area contributed by atoms with Crippen LogP contribution < -0.4 is 15.4 Å². The fourth-order valence-electron chi connectivity index (χ4n) is 4.36. The Balaban J connectivity index is 2.13. The minimum atomic E-state index is -4.05. The summed E-state index contributed by atoms with van der Waals surface area (Å²) in [4.78, 5) is 25.1. The van der Waals surface area contributed by atoms with Gasteiger partial charge in [0, 0.05) is 20.0 Å². The minimum Gasteiger partial charge on any atom is -0.497 e. The third-order valence-corrected chi connectivity index (χ3v) is 8.44. The van der Waals surface area contributed by atoms with E-state index in [2.05, 4.69) is 24.5 Å². The van der Waals surface area contributed by atoms with Gasteiger partial charge in [0.15, 0.2) is 0 Å². The number of amides is 1. The molecule has 39 heavy (non-hydrogen) atoms. The Hall–Kier alpha value is -2.75. The summed E-state index contributed by atoms with van der Waals surface area (Å²) in [5.41, 5.74) is 1.92. The van der Waals surface area contributed by atoms with Crippen molar-refractivity contribution in [3.63, 3.8) is 0 Å². The molecule has 2 aromatic carbocycles. The van der Waals surface area contributed by atoms with Crippen LogP contribution in [0.15, 0.2) is 54.6 Å². The van der Waals surface area contributed by atoms with E-state index in [-0.39, 0.29) is 6.54 Å². The van der Waals surface area contributed by atoms with Gasteiger partial charge in [-0.25, -0.2) is 8.42 Å². The first-order valence-electron chi connectivity index (χ1n) is 13.6. The summed E-state index contributed by atoms with van der Waals surface area (Å²) >= 11 is 0. The van der Waals surface area contributed by atoms with Crippen LogP contribution in [-0.2, 0) is 32.4 Å². The SMILES string of the molecule is COc1cccc(CNC[C@@H](O)[C@H](Cc2ccccc2)NC(=O)C(CCCCC(C)C)CS(=O)(=O)C(C)=O)c1. The number of carbonyl (C=O) groups is 2. The lowest BCUT2D eigenvalue weighted by molar-refractivity contribution is -0.126. The smallest absolute Gasteiger partial charge is 0.243 e. The molecule has 2 rings (SSSR count). The summed E-state index contributed by atoms with van der Waals surface area (Å²) < 4.78 is 30.1. The van der Waals surface area contributed by atoms with Gasteiger partial charge in [-0.1, -0.05) is 75.6 Å². The van der Waals surface area contributed by atoms with Crippen LogP contribution in [0, 0.1) is 11.8 Å². The second-order valence-corrected chi connectivity index (χ2v) is 12.6. The average molecular weight is 561 g/mol. The van der Waals surface area contributed by atoms with Gasteiger partial charge in [0.05, 0.1) is 30.9 Å². The fraction of sp³-hybridized carbons (Fsp3) is 0.533. The van der Waals surface area contributed by atoms with E-state index in [1.165, 1.54) is 0 Å². The zero-order valence-corrected chi connectivity index (χ0v) is 24.4. The molecule has 0 heterocycles. The Morgan fingerprint density at radius 3 is 2.28 bits per heavy atom. The van der Waals surface area contributed by atoms with E-state index >= 15 is 0 Å². The molecule has 0 radical (unpaired) electrons.